The number of aliphatic hydroxyl groups is 2. The van der Waals surface area contributed by atoms with Crippen LogP contribution in [0.5, 0.6) is 0 Å². The number of halogens is 2. The monoisotopic (exact) mass is 593 g/mol. The number of aliphatic hydroxyl groups excluding tert-OH is 2. The molecule has 2 fully saturated rings. The van der Waals surface area contributed by atoms with Gasteiger partial charge in [0.05, 0.1) is 19.5 Å². The number of phosphoric acid groups is 1. The average molecular weight is 593 g/mol. The lowest BCUT2D eigenvalue weighted by Gasteiger charge is -2.22. The van der Waals surface area contributed by atoms with Crippen LogP contribution in [0.1, 0.15) is 12.5 Å². The summed E-state index contributed by atoms with van der Waals surface area (Å²) in [4.78, 5) is 51.0. The summed E-state index contributed by atoms with van der Waals surface area (Å²) < 4.78 is 64.8. The SMILES string of the molecule is Nc1ncn([C@@H]2O[C@H](COP(=O)(O)OC3C(F)[C@H](n4cnc5c(=O)[nH]c(N)nc54)O[C@@H]3CO)[C@H](O)C2F)c(=O)n1. The van der Waals surface area contributed by atoms with Gasteiger partial charge in [0.25, 0.3) is 5.56 Å². The number of H-pyrrole nitrogens is 1. The molecule has 218 valence electrons. The molecule has 0 radical (unpaired) electrons. The molecule has 5 rings (SSSR count). The average Bonchev–Trinajstić information content (AvgIpc) is 3.53. The fraction of sp³-hybridized carbons (Fsp3) is 0.556. The van der Waals surface area contributed by atoms with Crippen LogP contribution in [0.2, 0.25) is 0 Å². The molecule has 3 aromatic heterocycles. The molecule has 0 saturated carbocycles. The van der Waals surface area contributed by atoms with E-state index in [-0.39, 0.29) is 23.1 Å². The summed E-state index contributed by atoms with van der Waals surface area (Å²) in [6.45, 7) is -1.80. The number of alkyl halides is 2. The normalized spacial score (nSPS) is 32.0. The maximum absolute atomic E-state index is 15.5. The Balaban J connectivity index is 1.28. The second kappa shape index (κ2) is 10.5. The molecule has 2 saturated heterocycles. The first kappa shape index (κ1) is 28.1. The lowest BCUT2D eigenvalue weighted by molar-refractivity contribution is -0.0582. The zero-order valence-corrected chi connectivity index (χ0v) is 20.8. The standard InChI is InChI=1S/C18H22F2N9O10P/c19-7-10(31)6(38-14(7)29-4-24-16(21)27-18(29)33)2-36-40(34,35)39-11-5(1-30)37-15(8(11)20)28-3-23-9-12(28)25-17(22)26-13(9)32/h3-8,10-11,14-15,30-31H,1-2H2,(H,34,35)(H2,21,27,33)(H3,22,25,26,32)/t5-,6-,7?,8?,10+,11?,14-,15-/m1/s1. The van der Waals surface area contributed by atoms with E-state index in [2.05, 4.69) is 24.9 Å². The number of anilines is 2. The molecule has 0 spiro atoms. The highest BCUT2D eigenvalue weighted by molar-refractivity contribution is 7.47. The van der Waals surface area contributed by atoms with Crippen LogP contribution < -0.4 is 22.7 Å². The van der Waals surface area contributed by atoms with E-state index in [1.165, 1.54) is 0 Å². The van der Waals surface area contributed by atoms with E-state index in [1.807, 2.05) is 0 Å². The van der Waals surface area contributed by atoms with Crippen LogP contribution in [0.15, 0.2) is 22.2 Å². The number of nitrogens with one attached hydrogen (secondary N) is 1. The Labute approximate surface area is 219 Å². The van der Waals surface area contributed by atoms with Gasteiger partial charge in [-0.15, -0.1) is 0 Å². The molecule has 2 aliphatic rings. The van der Waals surface area contributed by atoms with Crippen LogP contribution in [0.25, 0.3) is 11.2 Å². The number of rotatable bonds is 8. The number of imidazole rings is 1. The van der Waals surface area contributed by atoms with Gasteiger partial charge in [-0.3, -0.25) is 28.0 Å². The number of nitrogens with zero attached hydrogens (tertiary/aromatic N) is 6. The fourth-order valence-electron chi connectivity index (χ4n) is 4.27. The van der Waals surface area contributed by atoms with Gasteiger partial charge in [-0.25, -0.2) is 28.1 Å². The first-order valence-corrected chi connectivity index (χ1v) is 12.9. The quantitative estimate of drug-likeness (QED) is 0.144. The molecule has 3 aromatic rings. The highest BCUT2D eigenvalue weighted by atomic mass is 31.2. The van der Waals surface area contributed by atoms with Crippen LogP contribution in [0, 0.1) is 0 Å². The summed E-state index contributed by atoms with van der Waals surface area (Å²) in [6, 6.07) is 0. The minimum absolute atomic E-state index is 0.164. The highest BCUT2D eigenvalue weighted by Gasteiger charge is 2.51. The maximum Gasteiger partial charge on any atom is 0.472 e. The van der Waals surface area contributed by atoms with Gasteiger partial charge in [0.2, 0.25) is 11.9 Å². The summed E-state index contributed by atoms with van der Waals surface area (Å²) >= 11 is 0. The predicted octanol–water partition coefficient (Wildman–Crippen LogP) is -2.74. The van der Waals surface area contributed by atoms with Crippen molar-refractivity contribution in [1.82, 2.24) is 34.1 Å². The highest BCUT2D eigenvalue weighted by Crippen LogP contribution is 2.50. The number of nitrogens with two attached hydrogens (primary N) is 2. The molecule has 0 amide bonds. The first-order valence-electron chi connectivity index (χ1n) is 11.4. The third-order valence-corrected chi connectivity index (χ3v) is 7.13. The molecule has 19 nitrogen and oxygen atoms in total. The smallest absolute Gasteiger partial charge is 0.394 e. The zero-order chi connectivity index (χ0) is 28.9. The predicted molar refractivity (Wildman–Crippen MR) is 125 cm³/mol. The molecule has 5 heterocycles. The van der Waals surface area contributed by atoms with Gasteiger partial charge in [0.15, 0.2) is 36.0 Å². The van der Waals surface area contributed by atoms with Crippen LogP contribution in [0.4, 0.5) is 20.7 Å². The Morgan fingerprint density at radius 3 is 2.45 bits per heavy atom. The van der Waals surface area contributed by atoms with Crippen LogP contribution in [-0.2, 0) is 23.1 Å². The van der Waals surface area contributed by atoms with E-state index in [1.54, 1.807) is 0 Å². The Bertz CT molecular complexity index is 1570. The molecule has 0 bridgehead atoms. The zero-order valence-electron chi connectivity index (χ0n) is 19.9. The second-order valence-electron chi connectivity index (χ2n) is 8.71. The Hall–Kier alpha value is -3.43. The molecule has 8 N–H and O–H groups in total. The number of aromatic amines is 1. The van der Waals surface area contributed by atoms with Gasteiger partial charge in [-0.2, -0.15) is 9.97 Å². The Morgan fingerprint density at radius 2 is 1.75 bits per heavy atom. The molecule has 2 aliphatic heterocycles. The summed E-state index contributed by atoms with van der Waals surface area (Å²) in [5.41, 5.74) is 8.73. The maximum atomic E-state index is 15.5. The van der Waals surface area contributed by atoms with Crippen molar-refractivity contribution in [2.24, 2.45) is 0 Å². The first-order chi connectivity index (χ1) is 18.9. The van der Waals surface area contributed by atoms with Crippen molar-refractivity contribution in [2.75, 3.05) is 24.7 Å². The second-order valence-corrected chi connectivity index (χ2v) is 10.1. The van der Waals surface area contributed by atoms with Crippen molar-refractivity contribution >= 4 is 30.9 Å². The number of hydrogen-bond donors (Lipinski definition) is 6. The van der Waals surface area contributed by atoms with Crippen molar-refractivity contribution in [2.45, 2.75) is 49.2 Å². The number of fused-ring (bicyclic) bond motifs is 1. The van der Waals surface area contributed by atoms with Gasteiger partial charge < -0.3 is 36.0 Å². The van der Waals surface area contributed by atoms with E-state index in [0.29, 0.717) is 4.57 Å². The molecule has 4 unspecified atom stereocenters. The van der Waals surface area contributed by atoms with Gasteiger partial charge >= 0.3 is 13.5 Å². The summed E-state index contributed by atoms with van der Waals surface area (Å²) in [5, 5.41) is 19.8. The van der Waals surface area contributed by atoms with E-state index in [9.17, 15) is 33.7 Å². The van der Waals surface area contributed by atoms with E-state index in [4.69, 9.17) is 30.0 Å². The third kappa shape index (κ3) is 5.08. The van der Waals surface area contributed by atoms with Gasteiger partial charge in [-0.1, -0.05) is 0 Å². The fourth-order valence-corrected chi connectivity index (χ4v) is 5.22. The van der Waals surface area contributed by atoms with E-state index >= 15 is 4.39 Å². The minimum atomic E-state index is -5.17. The lowest BCUT2D eigenvalue weighted by atomic mass is 10.1. The lowest BCUT2D eigenvalue weighted by Crippen LogP contribution is -2.35. The van der Waals surface area contributed by atoms with Crippen molar-refractivity contribution in [3.63, 3.8) is 0 Å². The number of phosphoric ester groups is 1. The van der Waals surface area contributed by atoms with Crippen LogP contribution in [-0.4, -0.2) is 99.1 Å². The Kier molecular flexibility index (Phi) is 7.39. The van der Waals surface area contributed by atoms with Gasteiger partial charge in [0.1, 0.15) is 30.7 Å². The van der Waals surface area contributed by atoms with Crippen LogP contribution in [0.3, 0.4) is 0 Å². The van der Waals surface area contributed by atoms with E-state index < -0.39 is 81.5 Å². The minimum Gasteiger partial charge on any atom is -0.394 e. The van der Waals surface area contributed by atoms with Crippen LogP contribution >= 0.6 is 7.82 Å². The van der Waals surface area contributed by atoms with Crippen molar-refractivity contribution in [3.05, 3.63) is 33.5 Å². The number of ether oxygens (including phenoxy) is 2. The number of aromatic nitrogens is 7. The third-order valence-electron chi connectivity index (χ3n) is 6.14. The number of nitrogen functional groups attached to an aromatic ring is 2. The Morgan fingerprint density at radius 1 is 1.07 bits per heavy atom. The van der Waals surface area contributed by atoms with Gasteiger partial charge in [-0.05, 0) is 0 Å². The molecular formula is C18H22F2N9O10P. The molecule has 0 aromatic carbocycles. The largest absolute Gasteiger partial charge is 0.472 e. The summed E-state index contributed by atoms with van der Waals surface area (Å²) in [6.07, 6.45) is -12.8. The van der Waals surface area contributed by atoms with Gasteiger partial charge in [0, 0.05) is 0 Å². The molecule has 22 heteroatoms. The molecule has 0 aliphatic carbocycles. The summed E-state index contributed by atoms with van der Waals surface area (Å²) in [7, 11) is -5.17. The van der Waals surface area contributed by atoms with Crippen molar-refractivity contribution in [3.8, 4) is 0 Å². The summed E-state index contributed by atoms with van der Waals surface area (Å²) in [5.74, 6) is -0.676. The van der Waals surface area contributed by atoms with Crippen molar-refractivity contribution in [1.29, 1.82) is 0 Å². The van der Waals surface area contributed by atoms with E-state index in [0.717, 1.165) is 17.2 Å². The number of hydrogen-bond acceptors (Lipinski definition) is 15. The topological polar surface area (TPSA) is 278 Å². The van der Waals surface area contributed by atoms with Crippen molar-refractivity contribution < 1.29 is 47.0 Å². The molecule has 9 atom stereocenters. The molecule has 40 heavy (non-hydrogen) atoms. The molecular weight excluding hydrogens is 571 g/mol.